The molecule has 1 fully saturated rings. The highest BCUT2D eigenvalue weighted by Gasteiger charge is 2.26. The molecule has 1 aromatic carbocycles. The fourth-order valence-corrected chi connectivity index (χ4v) is 5.52. The van der Waals surface area contributed by atoms with Crippen LogP contribution in [0.4, 0.5) is 5.69 Å². The molecule has 1 saturated heterocycles. The molecule has 0 aliphatic carbocycles. The number of carbonyl (C=O) groups excluding carboxylic acids is 1. The molecule has 3 rings (SSSR count). The van der Waals surface area contributed by atoms with Gasteiger partial charge in [0.1, 0.15) is 5.51 Å². The molecule has 2 aromatic rings. The van der Waals surface area contributed by atoms with Crippen LogP contribution in [0.25, 0.3) is 0 Å². The molecule has 1 aliphatic heterocycles. The normalized spacial score (nSPS) is 15.7. The lowest BCUT2D eigenvalue weighted by atomic mass is 10.2. The fraction of sp³-hybridized carbons (Fsp3) is 0.438. The van der Waals surface area contributed by atoms with Crippen LogP contribution >= 0.6 is 23.1 Å². The lowest BCUT2D eigenvalue weighted by Crippen LogP contribution is -2.35. The number of aromatic nitrogens is 2. The highest BCUT2D eigenvalue weighted by atomic mass is 32.2. The Bertz CT molecular complexity index is 863. The topological polar surface area (TPSA) is 92.3 Å². The van der Waals surface area contributed by atoms with Crippen molar-refractivity contribution in [3.8, 4) is 0 Å². The van der Waals surface area contributed by atoms with Gasteiger partial charge in [-0.25, -0.2) is 8.42 Å². The van der Waals surface area contributed by atoms with E-state index in [2.05, 4.69) is 15.5 Å². The quantitative estimate of drug-likeness (QED) is 0.734. The Morgan fingerprint density at radius 3 is 2.77 bits per heavy atom. The van der Waals surface area contributed by atoms with Crippen molar-refractivity contribution in [2.24, 2.45) is 0 Å². The van der Waals surface area contributed by atoms with Crippen molar-refractivity contribution in [2.45, 2.75) is 35.4 Å². The van der Waals surface area contributed by atoms with Gasteiger partial charge < -0.3 is 5.32 Å². The van der Waals surface area contributed by atoms with Gasteiger partial charge in [0.2, 0.25) is 15.9 Å². The highest BCUT2D eigenvalue weighted by molar-refractivity contribution is 8.01. The molecular formula is C16H20N4O3S3. The van der Waals surface area contributed by atoms with Gasteiger partial charge in [0.05, 0.1) is 10.6 Å². The Kier molecular flexibility index (Phi) is 6.28. The second kappa shape index (κ2) is 8.47. The van der Waals surface area contributed by atoms with Crippen LogP contribution in [-0.2, 0) is 14.8 Å². The lowest BCUT2D eigenvalue weighted by Gasteiger charge is -2.26. The molecule has 0 spiro atoms. The van der Waals surface area contributed by atoms with E-state index >= 15 is 0 Å². The first-order valence-electron chi connectivity index (χ1n) is 8.26. The molecule has 1 amide bonds. The van der Waals surface area contributed by atoms with E-state index in [1.165, 1.54) is 27.4 Å². The Balaban J connectivity index is 1.71. The fourth-order valence-electron chi connectivity index (χ4n) is 2.69. The zero-order chi connectivity index (χ0) is 18.6. The number of thioether (sulfide) groups is 1. The second-order valence-electron chi connectivity index (χ2n) is 5.98. The molecule has 7 nitrogen and oxygen atoms in total. The minimum absolute atomic E-state index is 0.192. The van der Waals surface area contributed by atoms with Gasteiger partial charge in [0.15, 0.2) is 4.34 Å². The molecule has 26 heavy (non-hydrogen) atoms. The van der Waals surface area contributed by atoms with Crippen molar-refractivity contribution in [2.75, 3.05) is 24.2 Å². The number of rotatable bonds is 6. The third kappa shape index (κ3) is 4.61. The number of nitrogens with one attached hydrogen (secondary N) is 1. The lowest BCUT2D eigenvalue weighted by molar-refractivity contribution is -0.113. The van der Waals surface area contributed by atoms with Crippen molar-refractivity contribution in [3.05, 3.63) is 29.3 Å². The monoisotopic (exact) mass is 412 g/mol. The third-order valence-electron chi connectivity index (χ3n) is 4.10. The summed E-state index contributed by atoms with van der Waals surface area (Å²) in [7, 11) is -3.52. The number of anilines is 1. The van der Waals surface area contributed by atoms with E-state index in [0.717, 1.165) is 29.2 Å². The average molecular weight is 413 g/mol. The summed E-state index contributed by atoms with van der Waals surface area (Å²) in [6.07, 6.45) is 2.84. The minimum Gasteiger partial charge on any atom is -0.325 e. The van der Waals surface area contributed by atoms with Gasteiger partial charge in [-0.15, -0.1) is 10.2 Å². The van der Waals surface area contributed by atoms with Crippen LogP contribution in [0.2, 0.25) is 0 Å². The summed E-state index contributed by atoms with van der Waals surface area (Å²) in [6, 6.07) is 4.88. The standard InChI is InChI=1S/C16H20N4O3S3/c1-12-5-6-13(26(22,23)20-7-3-2-4-8-20)9-14(12)18-15(21)10-24-16-19-17-11-25-16/h5-6,9,11H,2-4,7-8,10H2,1H3,(H,18,21). The summed E-state index contributed by atoms with van der Waals surface area (Å²) < 4.78 is 27.9. The van der Waals surface area contributed by atoms with Crippen LogP contribution < -0.4 is 5.32 Å². The summed E-state index contributed by atoms with van der Waals surface area (Å²) in [5, 5.41) is 10.4. The maximum atomic E-state index is 12.8. The number of carbonyl (C=O) groups is 1. The number of benzene rings is 1. The largest absolute Gasteiger partial charge is 0.325 e. The highest BCUT2D eigenvalue weighted by Crippen LogP contribution is 2.26. The van der Waals surface area contributed by atoms with Gasteiger partial charge >= 0.3 is 0 Å². The molecule has 1 N–H and O–H groups in total. The molecule has 0 bridgehead atoms. The summed E-state index contributed by atoms with van der Waals surface area (Å²) in [4.78, 5) is 12.4. The van der Waals surface area contributed by atoms with E-state index < -0.39 is 10.0 Å². The van der Waals surface area contributed by atoms with Crippen molar-refractivity contribution >= 4 is 44.7 Å². The predicted molar refractivity (Wildman–Crippen MR) is 103 cm³/mol. The number of amides is 1. The van der Waals surface area contributed by atoms with E-state index in [0.29, 0.717) is 18.8 Å². The van der Waals surface area contributed by atoms with Crippen LogP contribution in [0.1, 0.15) is 24.8 Å². The Hall–Kier alpha value is -1.49. The second-order valence-corrected chi connectivity index (χ2v) is 9.98. The number of nitrogens with zero attached hydrogens (tertiary/aromatic N) is 3. The van der Waals surface area contributed by atoms with Gasteiger partial charge in [-0.1, -0.05) is 35.6 Å². The zero-order valence-electron chi connectivity index (χ0n) is 14.3. The van der Waals surface area contributed by atoms with E-state index in [1.54, 1.807) is 23.7 Å². The molecule has 140 valence electrons. The molecule has 1 aliphatic rings. The van der Waals surface area contributed by atoms with Crippen LogP contribution in [0.3, 0.4) is 0 Å². The van der Waals surface area contributed by atoms with E-state index in [4.69, 9.17) is 0 Å². The van der Waals surface area contributed by atoms with Crippen LogP contribution in [-0.4, -0.2) is 47.7 Å². The number of sulfonamides is 1. The number of aryl methyl sites for hydroxylation is 1. The Morgan fingerprint density at radius 2 is 2.08 bits per heavy atom. The molecular weight excluding hydrogens is 392 g/mol. The SMILES string of the molecule is Cc1ccc(S(=O)(=O)N2CCCCC2)cc1NC(=O)CSc1nncs1. The number of hydrogen-bond donors (Lipinski definition) is 1. The summed E-state index contributed by atoms with van der Waals surface area (Å²) in [6.45, 7) is 2.94. The number of piperidine rings is 1. The first-order valence-corrected chi connectivity index (χ1v) is 11.6. The van der Waals surface area contributed by atoms with Gasteiger partial charge in [-0.2, -0.15) is 4.31 Å². The van der Waals surface area contributed by atoms with Crippen molar-refractivity contribution in [1.82, 2.24) is 14.5 Å². The Labute approximate surface area is 161 Å². The van der Waals surface area contributed by atoms with Crippen molar-refractivity contribution in [3.63, 3.8) is 0 Å². The van der Waals surface area contributed by atoms with Crippen LogP contribution in [0.5, 0.6) is 0 Å². The summed E-state index contributed by atoms with van der Waals surface area (Å²) >= 11 is 2.67. The van der Waals surface area contributed by atoms with Gasteiger partial charge in [-0.05, 0) is 37.5 Å². The molecule has 2 heterocycles. The molecule has 1 aromatic heterocycles. The Morgan fingerprint density at radius 1 is 1.31 bits per heavy atom. The molecule has 0 atom stereocenters. The summed E-state index contributed by atoms with van der Waals surface area (Å²) in [5.41, 5.74) is 2.95. The van der Waals surface area contributed by atoms with E-state index in [-0.39, 0.29) is 16.6 Å². The first kappa shape index (κ1) is 19.3. The maximum absolute atomic E-state index is 12.8. The van der Waals surface area contributed by atoms with E-state index in [1.807, 2.05) is 6.92 Å². The van der Waals surface area contributed by atoms with Gasteiger partial charge in [0.25, 0.3) is 0 Å². The van der Waals surface area contributed by atoms with Crippen LogP contribution in [0, 0.1) is 6.92 Å². The third-order valence-corrected chi connectivity index (χ3v) is 7.86. The molecule has 0 saturated carbocycles. The summed E-state index contributed by atoms with van der Waals surface area (Å²) in [5.74, 6) is -0.0154. The van der Waals surface area contributed by atoms with E-state index in [9.17, 15) is 13.2 Å². The first-order chi connectivity index (χ1) is 12.5. The molecule has 0 radical (unpaired) electrons. The van der Waals surface area contributed by atoms with Crippen molar-refractivity contribution < 1.29 is 13.2 Å². The van der Waals surface area contributed by atoms with Gasteiger partial charge in [-0.3, -0.25) is 4.79 Å². The minimum atomic E-state index is -3.52. The molecule has 0 unspecified atom stereocenters. The molecule has 10 heteroatoms. The zero-order valence-corrected chi connectivity index (χ0v) is 16.8. The van der Waals surface area contributed by atoms with Crippen molar-refractivity contribution in [1.29, 1.82) is 0 Å². The maximum Gasteiger partial charge on any atom is 0.243 e. The number of hydrogen-bond acceptors (Lipinski definition) is 7. The van der Waals surface area contributed by atoms with Gasteiger partial charge in [0, 0.05) is 18.8 Å². The smallest absolute Gasteiger partial charge is 0.243 e. The predicted octanol–water partition coefficient (Wildman–Crippen LogP) is 2.75. The average Bonchev–Trinajstić information content (AvgIpc) is 3.16. The van der Waals surface area contributed by atoms with Crippen LogP contribution in [0.15, 0.2) is 32.9 Å².